The molecule has 1 unspecified atom stereocenters. The molecule has 0 aromatic heterocycles. The van der Waals surface area contributed by atoms with Crippen LogP contribution in [-0.4, -0.2) is 11.2 Å². The zero-order valence-corrected chi connectivity index (χ0v) is 11.3. The first kappa shape index (κ1) is 13.8. The lowest BCUT2D eigenvalue weighted by Crippen LogP contribution is -2.12. The van der Waals surface area contributed by atoms with Gasteiger partial charge in [-0.25, -0.2) is 4.39 Å². The molecule has 0 saturated heterocycles. The summed E-state index contributed by atoms with van der Waals surface area (Å²) in [6.07, 6.45) is 7.47. The second-order valence-corrected chi connectivity index (χ2v) is 5.74. The van der Waals surface area contributed by atoms with E-state index >= 15 is 0 Å². The fourth-order valence-corrected chi connectivity index (χ4v) is 2.97. The molecule has 0 bridgehead atoms. The van der Waals surface area contributed by atoms with Crippen LogP contribution in [0.3, 0.4) is 0 Å². The van der Waals surface area contributed by atoms with E-state index < -0.39 is 5.82 Å². The maximum atomic E-state index is 13.0. The van der Waals surface area contributed by atoms with E-state index in [0.717, 1.165) is 24.3 Å². The summed E-state index contributed by atoms with van der Waals surface area (Å²) in [5, 5.41) is 10.1. The molecule has 0 spiro atoms. The predicted octanol–water partition coefficient (Wildman–Crippen LogP) is 4.35. The third-order valence-electron chi connectivity index (χ3n) is 3.84. The second kappa shape index (κ2) is 6.53. The van der Waals surface area contributed by atoms with Crippen LogP contribution in [0.25, 0.3) is 0 Å². The smallest absolute Gasteiger partial charge is 0.141 e. The Hall–Kier alpha value is -0.600. The predicted molar refractivity (Wildman–Crippen MR) is 72.3 cm³/mol. The molecule has 0 heterocycles. The summed E-state index contributed by atoms with van der Waals surface area (Å²) < 4.78 is 13.0. The van der Waals surface area contributed by atoms with Crippen LogP contribution in [0.1, 0.15) is 44.1 Å². The number of aliphatic hydroxyl groups is 1. The molecule has 3 heteroatoms. The van der Waals surface area contributed by atoms with E-state index in [1.165, 1.54) is 31.7 Å². The Labute approximate surface area is 113 Å². The minimum atomic E-state index is -0.402. The lowest BCUT2D eigenvalue weighted by atomic mass is 9.97. The van der Waals surface area contributed by atoms with Crippen molar-refractivity contribution in [2.45, 2.75) is 51.0 Å². The molecule has 18 heavy (non-hydrogen) atoms. The zero-order valence-electron chi connectivity index (χ0n) is 10.5. The Balaban J connectivity index is 1.78. The van der Waals surface area contributed by atoms with Gasteiger partial charge in [-0.15, -0.1) is 0 Å². The molecule has 1 saturated carbocycles. The Bertz CT molecular complexity index is 388. The van der Waals surface area contributed by atoms with Gasteiger partial charge in [0.15, 0.2) is 0 Å². The van der Waals surface area contributed by atoms with Gasteiger partial charge >= 0.3 is 0 Å². The Kier molecular flexibility index (Phi) is 5.02. The van der Waals surface area contributed by atoms with E-state index in [0.29, 0.717) is 6.42 Å². The normalized spacial score (nSPS) is 18.2. The van der Waals surface area contributed by atoms with Crippen molar-refractivity contribution in [1.82, 2.24) is 0 Å². The molecular weight excluding hydrogens is 251 g/mol. The van der Waals surface area contributed by atoms with Crippen LogP contribution in [0.15, 0.2) is 18.2 Å². The van der Waals surface area contributed by atoms with Crippen LogP contribution >= 0.6 is 11.6 Å². The van der Waals surface area contributed by atoms with Crippen LogP contribution in [-0.2, 0) is 6.42 Å². The summed E-state index contributed by atoms with van der Waals surface area (Å²) in [5.74, 6) is 0.400. The molecule has 0 radical (unpaired) electrons. The lowest BCUT2D eigenvalue weighted by Gasteiger charge is -2.14. The van der Waals surface area contributed by atoms with Gasteiger partial charge in [-0.3, -0.25) is 0 Å². The van der Waals surface area contributed by atoms with Crippen LogP contribution in [0.4, 0.5) is 4.39 Å². The molecule has 1 fully saturated rings. The Morgan fingerprint density at radius 3 is 2.72 bits per heavy atom. The van der Waals surface area contributed by atoms with Gasteiger partial charge in [0, 0.05) is 0 Å². The number of benzene rings is 1. The summed E-state index contributed by atoms with van der Waals surface area (Å²) >= 11 is 5.72. The van der Waals surface area contributed by atoms with Gasteiger partial charge < -0.3 is 5.11 Å². The quantitative estimate of drug-likeness (QED) is 0.843. The van der Waals surface area contributed by atoms with Crippen LogP contribution in [0.2, 0.25) is 5.02 Å². The third kappa shape index (κ3) is 3.96. The molecule has 1 aliphatic rings. The first-order chi connectivity index (χ1) is 8.65. The fourth-order valence-electron chi connectivity index (χ4n) is 2.77. The highest BCUT2D eigenvalue weighted by atomic mass is 35.5. The average Bonchev–Trinajstić information content (AvgIpc) is 2.84. The van der Waals surface area contributed by atoms with Crippen LogP contribution < -0.4 is 0 Å². The maximum absolute atomic E-state index is 13.0. The second-order valence-electron chi connectivity index (χ2n) is 5.33. The Morgan fingerprint density at radius 1 is 1.33 bits per heavy atom. The average molecular weight is 271 g/mol. The van der Waals surface area contributed by atoms with E-state index in [4.69, 9.17) is 11.6 Å². The van der Waals surface area contributed by atoms with Gasteiger partial charge in [-0.1, -0.05) is 43.4 Å². The zero-order chi connectivity index (χ0) is 13.0. The molecule has 1 nitrogen and oxygen atoms in total. The number of rotatable bonds is 5. The topological polar surface area (TPSA) is 20.2 Å². The van der Waals surface area contributed by atoms with E-state index in [1.54, 1.807) is 12.1 Å². The molecule has 0 amide bonds. The highest BCUT2D eigenvalue weighted by molar-refractivity contribution is 6.30. The molecule has 1 atom stereocenters. The Morgan fingerprint density at radius 2 is 2.06 bits per heavy atom. The minimum Gasteiger partial charge on any atom is -0.393 e. The fraction of sp³-hybridized carbons (Fsp3) is 0.600. The van der Waals surface area contributed by atoms with Crippen molar-refractivity contribution in [3.8, 4) is 0 Å². The molecular formula is C15H20ClFO. The summed E-state index contributed by atoms with van der Waals surface area (Å²) in [4.78, 5) is 0. The van der Waals surface area contributed by atoms with Crippen molar-refractivity contribution < 1.29 is 9.50 Å². The monoisotopic (exact) mass is 270 g/mol. The van der Waals surface area contributed by atoms with Crippen LogP contribution in [0.5, 0.6) is 0 Å². The highest BCUT2D eigenvalue weighted by Gasteiger charge is 2.16. The third-order valence-corrected chi connectivity index (χ3v) is 4.13. The van der Waals surface area contributed by atoms with Crippen molar-refractivity contribution >= 4 is 11.6 Å². The first-order valence-corrected chi connectivity index (χ1v) is 7.15. The van der Waals surface area contributed by atoms with Crippen molar-refractivity contribution in [3.63, 3.8) is 0 Å². The molecule has 1 aromatic carbocycles. The highest BCUT2D eigenvalue weighted by Crippen LogP contribution is 2.29. The summed E-state index contributed by atoms with van der Waals surface area (Å²) in [6.45, 7) is 0. The van der Waals surface area contributed by atoms with Gasteiger partial charge in [0.05, 0.1) is 11.1 Å². The molecule has 0 aliphatic heterocycles. The largest absolute Gasteiger partial charge is 0.393 e. The number of hydrogen-bond donors (Lipinski definition) is 1. The minimum absolute atomic E-state index is 0.135. The standard InChI is InChI=1S/C15H20ClFO/c16-14-10-12(6-8-15(14)17)9-13(18)7-5-11-3-1-2-4-11/h6,8,10-11,13,18H,1-5,7,9H2. The maximum Gasteiger partial charge on any atom is 0.141 e. The number of aliphatic hydroxyl groups excluding tert-OH is 1. The van der Waals surface area contributed by atoms with Gasteiger partial charge in [0.1, 0.15) is 5.82 Å². The van der Waals surface area contributed by atoms with E-state index in [2.05, 4.69) is 0 Å². The summed E-state index contributed by atoms with van der Waals surface area (Å²) in [7, 11) is 0. The van der Waals surface area contributed by atoms with E-state index in [-0.39, 0.29) is 11.1 Å². The van der Waals surface area contributed by atoms with Gasteiger partial charge in [0.2, 0.25) is 0 Å². The molecule has 1 N–H and O–H groups in total. The van der Waals surface area contributed by atoms with Crippen molar-refractivity contribution in [2.24, 2.45) is 5.92 Å². The van der Waals surface area contributed by atoms with E-state index in [1.807, 2.05) is 0 Å². The summed E-state index contributed by atoms with van der Waals surface area (Å²) in [6, 6.07) is 4.66. The van der Waals surface area contributed by atoms with Crippen molar-refractivity contribution in [3.05, 3.63) is 34.6 Å². The van der Waals surface area contributed by atoms with E-state index in [9.17, 15) is 9.50 Å². The lowest BCUT2D eigenvalue weighted by molar-refractivity contribution is 0.155. The van der Waals surface area contributed by atoms with Crippen molar-refractivity contribution in [1.29, 1.82) is 0 Å². The van der Waals surface area contributed by atoms with Gasteiger partial charge in [-0.05, 0) is 42.9 Å². The first-order valence-electron chi connectivity index (χ1n) is 6.77. The summed E-state index contributed by atoms with van der Waals surface area (Å²) in [5.41, 5.74) is 0.903. The number of halogens is 2. The molecule has 1 aliphatic carbocycles. The molecule has 100 valence electrons. The van der Waals surface area contributed by atoms with Gasteiger partial charge in [-0.2, -0.15) is 0 Å². The molecule has 2 rings (SSSR count). The number of hydrogen-bond acceptors (Lipinski definition) is 1. The van der Waals surface area contributed by atoms with Gasteiger partial charge in [0.25, 0.3) is 0 Å². The van der Waals surface area contributed by atoms with Crippen molar-refractivity contribution in [2.75, 3.05) is 0 Å². The molecule has 1 aromatic rings. The van der Waals surface area contributed by atoms with Crippen LogP contribution in [0, 0.1) is 11.7 Å². The SMILES string of the molecule is OC(CCC1CCCC1)Cc1ccc(F)c(Cl)c1.